The molecule has 0 bridgehead atoms. The van der Waals surface area contributed by atoms with Crippen LogP contribution in [0.5, 0.6) is 0 Å². The molecule has 0 fully saturated rings. The maximum absolute atomic E-state index is 12.7. The van der Waals surface area contributed by atoms with E-state index in [9.17, 15) is 9.59 Å². The summed E-state index contributed by atoms with van der Waals surface area (Å²) in [5.74, 6) is 0. The van der Waals surface area contributed by atoms with Crippen molar-refractivity contribution in [3.05, 3.63) is 74.2 Å². The maximum atomic E-state index is 12.7. The van der Waals surface area contributed by atoms with E-state index < -0.39 is 0 Å². The van der Waals surface area contributed by atoms with Crippen LogP contribution in [0.4, 0.5) is 0 Å². The Morgan fingerprint density at radius 2 is 2.04 bits per heavy atom. The van der Waals surface area contributed by atoms with Crippen LogP contribution in [0.25, 0.3) is 11.3 Å². The highest BCUT2D eigenvalue weighted by atomic mass is 35.5. The van der Waals surface area contributed by atoms with Gasteiger partial charge in [-0.3, -0.25) is 9.36 Å². The minimum absolute atomic E-state index is 0.0677. The van der Waals surface area contributed by atoms with Crippen molar-refractivity contribution < 1.29 is 0 Å². The lowest BCUT2D eigenvalue weighted by molar-refractivity contribution is 0.651. The van der Waals surface area contributed by atoms with Gasteiger partial charge in [0.15, 0.2) is 0 Å². The van der Waals surface area contributed by atoms with Gasteiger partial charge in [0.2, 0.25) is 5.65 Å². The van der Waals surface area contributed by atoms with Gasteiger partial charge < -0.3 is 0 Å². The molecule has 0 aliphatic rings. The van der Waals surface area contributed by atoms with E-state index in [-0.39, 0.29) is 23.4 Å². The van der Waals surface area contributed by atoms with Crippen LogP contribution in [0.15, 0.2) is 52.3 Å². The first kappa shape index (κ1) is 15.3. The molecule has 0 spiro atoms. The molecule has 2 heterocycles. The van der Waals surface area contributed by atoms with E-state index in [1.165, 1.54) is 19.8 Å². The Kier molecular flexibility index (Phi) is 3.69. The third-order valence-corrected chi connectivity index (χ3v) is 3.97. The monoisotopic (exact) mass is 330 g/mol. The van der Waals surface area contributed by atoms with E-state index in [0.29, 0.717) is 10.7 Å². The van der Waals surface area contributed by atoms with Gasteiger partial charge in [-0.25, -0.2) is 13.9 Å². The molecule has 0 aliphatic heterocycles. The van der Waals surface area contributed by atoms with Crippen LogP contribution in [0, 0.1) is 6.92 Å². The van der Waals surface area contributed by atoms with Crippen molar-refractivity contribution in [1.82, 2.24) is 18.7 Å². The summed E-state index contributed by atoms with van der Waals surface area (Å²) in [6, 6.07) is 5.32. The SMILES string of the molecule is C=C(C)Cn1nc2c(=O)n(-c3cccc(Cl)c3C)ccn2c1=O. The molecular weight excluding hydrogens is 316 g/mol. The first-order valence-electron chi connectivity index (χ1n) is 7.01. The smallest absolute Gasteiger partial charge is 0.279 e. The zero-order valence-electron chi connectivity index (χ0n) is 12.8. The van der Waals surface area contributed by atoms with Crippen LogP contribution in [-0.2, 0) is 6.54 Å². The van der Waals surface area contributed by atoms with Gasteiger partial charge >= 0.3 is 11.2 Å². The molecule has 118 valence electrons. The van der Waals surface area contributed by atoms with Crippen molar-refractivity contribution in [2.24, 2.45) is 0 Å². The number of fused-ring (bicyclic) bond motifs is 1. The molecule has 0 amide bonds. The quantitative estimate of drug-likeness (QED) is 0.692. The number of hydrogen-bond acceptors (Lipinski definition) is 3. The molecule has 0 saturated carbocycles. The average Bonchev–Trinajstić information content (AvgIpc) is 2.80. The number of nitrogens with zero attached hydrogens (tertiary/aromatic N) is 4. The molecule has 3 rings (SSSR count). The summed E-state index contributed by atoms with van der Waals surface area (Å²) >= 11 is 6.12. The van der Waals surface area contributed by atoms with E-state index in [1.54, 1.807) is 31.3 Å². The van der Waals surface area contributed by atoms with Gasteiger partial charge in [-0.05, 0) is 31.5 Å². The molecule has 0 atom stereocenters. The minimum atomic E-state index is -0.379. The standard InChI is InChI=1S/C16H15ClN4O2/c1-10(2)9-21-16(23)20-8-7-19(15(22)14(20)18-21)13-6-4-5-12(17)11(13)3/h4-8H,1,9H2,2-3H3. The van der Waals surface area contributed by atoms with E-state index in [4.69, 9.17) is 11.6 Å². The second-order valence-electron chi connectivity index (χ2n) is 5.45. The Bertz CT molecular complexity index is 1040. The molecule has 6 nitrogen and oxygen atoms in total. The zero-order valence-corrected chi connectivity index (χ0v) is 13.5. The number of hydrogen-bond donors (Lipinski definition) is 0. The average molecular weight is 331 g/mol. The third-order valence-electron chi connectivity index (χ3n) is 3.56. The molecular formula is C16H15ClN4O2. The van der Waals surface area contributed by atoms with Crippen LogP contribution in [0.3, 0.4) is 0 Å². The van der Waals surface area contributed by atoms with Gasteiger partial charge in [0.05, 0.1) is 12.2 Å². The molecule has 2 aromatic heterocycles. The first-order chi connectivity index (χ1) is 10.9. The van der Waals surface area contributed by atoms with Gasteiger partial charge in [-0.15, -0.1) is 5.10 Å². The highest BCUT2D eigenvalue weighted by molar-refractivity contribution is 6.31. The fourth-order valence-electron chi connectivity index (χ4n) is 2.41. The van der Waals surface area contributed by atoms with E-state index in [1.807, 2.05) is 6.92 Å². The lowest BCUT2D eigenvalue weighted by Crippen LogP contribution is -2.24. The summed E-state index contributed by atoms with van der Waals surface area (Å²) in [5, 5.41) is 4.70. The van der Waals surface area contributed by atoms with E-state index >= 15 is 0 Å². The Morgan fingerprint density at radius 3 is 2.74 bits per heavy atom. The number of benzene rings is 1. The summed E-state index contributed by atoms with van der Waals surface area (Å²) in [7, 11) is 0. The van der Waals surface area contributed by atoms with Gasteiger partial charge in [0.25, 0.3) is 0 Å². The lowest BCUT2D eigenvalue weighted by Gasteiger charge is -2.09. The van der Waals surface area contributed by atoms with Crippen LogP contribution in [0.2, 0.25) is 5.02 Å². The largest absolute Gasteiger partial charge is 0.350 e. The van der Waals surface area contributed by atoms with E-state index in [0.717, 1.165) is 11.1 Å². The van der Waals surface area contributed by atoms with Crippen molar-refractivity contribution in [1.29, 1.82) is 0 Å². The zero-order chi connectivity index (χ0) is 16.7. The second kappa shape index (κ2) is 5.55. The number of halogens is 1. The van der Waals surface area contributed by atoms with Crippen LogP contribution in [0.1, 0.15) is 12.5 Å². The van der Waals surface area contributed by atoms with Crippen molar-refractivity contribution in [2.75, 3.05) is 0 Å². The highest BCUT2D eigenvalue weighted by Gasteiger charge is 2.14. The number of allylic oxidation sites excluding steroid dienone is 1. The van der Waals surface area contributed by atoms with Gasteiger partial charge in [-0.2, -0.15) is 0 Å². The number of aromatic nitrogens is 4. The van der Waals surface area contributed by atoms with Gasteiger partial charge in [-0.1, -0.05) is 29.8 Å². The number of rotatable bonds is 3. The molecule has 0 radical (unpaired) electrons. The first-order valence-corrected chi connectivity index (χ1v) is 7.38. The summed E-state index contributed by atoms with van der Waals surface area (Å²) < 4.78 is 3.91. The molecule has 0 unspecified atom stereocenters. The predicted octanol–water partition coefficient (Wildman–Crippen LogP) is 2.18. The lowest BCUT2D eigenvalue weighted by atomic mass is 10.2. The second-order valence-corrected chi connectivity index (χ2v) is 5.86. The molecule has 0 aliphatic carbocycles. The topological polar surface area (TPSA) is 61.3 Å². The van der Waals surface area contributed by atoms with Crippen LogP contribution >= 0.6 is 11.6 Å². The summed E-state index contributed by atoms with van der Waals surface area (Å²) in [5.41, 5.74) is 1.54. The molecule has 1 aromatic carbocycles. The Morgan fingerprint density at radius 1 is 1.30 bits per heavy atom. The summed E-state index contributed by atoms with van der Waals surface area (Å²) in [6.07, 6.45) is 3.07. The normalized spacial score (nSPS) is 11.1. The van der Waals surface area contributed by atoms with Crippen molar-refractivity contribution in [2.45, 2.75) is 20.4 Å². The van der Waals surface area contributed by atoms with Gasteiger partial charge in [0, 0.05) is 17.4 Å². The summed E-state index contributed by atoms with van der Waals surface area (Å²) in [6.45, 7) is 7.67. The van der Waals surface area contributed by atoms with E-state index in [2.05, 4.69) is 11.7 Å². The van der Waals surface area contributed by atoms with Crippen molar-refractivity contribution in [3.63, 3.8) is 0 Å². The Labute approximate surface area is 136 Å². The van der Waals surface area contributed by atoms with Gasteiger partial charge in [0.1, 0.15) is 0 Å². The molecule has 23 heavy (non-hydrogen) atoms. The third kappa shape index (κ3) is 2.51. The predicted molar refractivity (Wildman–Crippen MR) is 89.6 cm³/mol. The molecule has 7 heteroatoms. The maximum Gasteiger partial charge on any atom is 0.350 e. The van der Waals surface area contributed by atoms with Crippen molar-refractivity contribution in [3.8, 4) is 5.69 Å². The Balaban J connectivity index is 2.28. The fraction of sp³-hybridized carbons (Fsp3) is 0.188. The molecule has 0 saturated heterocycles. The van der Waals surface area contributed by atoms with Crippen molar-refractivity contribution >= 4 is 17.2 Å². The summed E-state index contributed by atoms with van der Waals surface area (Å²) in [4.78, 5) is 24.9. The minimum Gasteiger partial charge on any atom is -0.279 e. The Hall–Kier alpha value is -2.60. The molecule has 3 aromatic rings. The fourth-order valence-corrected chi connectivity index (χ4v) is 2.58. The van der Waals surface area contributed by atoms with Crippen LogP contribution < -0.4 is 11.2 Å². The van der Waals surface area contributed by atoms with Crippen LogP contribution in [-0.4, -0.2) is 18.7 Å². The molecule has 0 N–H and O–H groups in total. The highest BCUT2D eigenvalue weighted by Crippen LogP contribution is 2.20.